The van der Waals surface area contributed by atoms with Gasteiger partial charge in [0.2, 0.25) is 0 Å². The number of halogens is 1. The highest BCUT2D eigenvalue weighted by Gasteiger charge is 2.51. The average molecular weight is 251 g/mol. The number of hydrogen-bond donors (Lipinski definition) is 0. The summed E-state index contributed by atoms with van der Waals surface area (Å²) in [5, 5.41) is 0. The first kappa shape index (κ1) is 13.5. The number of hydrogen-bond acceptors (Lipinski definition) is 3. The molecule has 0 spiro atoms. The van der Waals surface area contributed by atoms with Crippen molar-refractivity contribution in [2.45, 2.75) is 52.2 Å². The van der Waals surface area contributed by atoms with Gasteiger partial charge in [0.25, 0.3) is 0 Å². The van der Waals surface area contributed by atoms with Gasteiger partial charge in [0, 0.05) is 11.7 Å². The van der Waals surface area contributed by atoms with Crippen molar-refractivity contribution in [2.75, 3.05) is 0 Å². The van der Waals surface area contributed by atoms with E-state index in [-0.39, 0.29) is 5.82 Å². The van der Waals surface area contributed by atoms with Crippen LogP contribution in [-0.4, -0.2) is 23.3 Å². The first-order valence-corrected chi connectivity index (χ1v) is 6.27. The van der Waals surface area contributed by atoms with E-state index in [0.29, 0.717) is 17.6 Å². The number of pyridine rings is 1. The molecule has 1 aromatic heterocycles. The molecule has 1 aliphatic heterocycles. The van der Waals surface area contributed by atoms with Gasteiger partial charge in [-0.3, -0.25) is 4.98 Å². The van der Waals surface area contributed by atoms with Crippen molar-refractivity contribution in [3.05, 3.63) is 23.8 Å². The highest BCUT2D eigenvalue weighted by atomic mass is 19.1. The lowest BCUT2D eigenvalue weighted by molar-refractivity contribution is 0.00578. The third-order valence-corrected chi connectivity index (χ3v) is 3.80. The van der Waals surface area contributed by atoms with E-state index >= 15 is 0 Å². The van der Waals surface area contributed by atoms with Gasteiger partial charge in [0.1, 0.15) is 5.82 Å². The highest BCUT2D eigenvalue weighted by Crippen LogP contribution is 2.36. The second-order valence-corrected chi connectivity index (χ2v) is 5.64. The molecule has 98 valence electrons. The maximum atomic E-state index is 13.7. The molecule has 0 atom stereocenters. The van der Waals surface area contributed by atoms with Crippen LogP contribution >= 0.6 is 0 Å². The SMILES string of the molecule is CCc1ncc(B2OC(C)(C)C(C)(C)O2)cc1F. The van der Waals surface area contributed by atoms with Crippen molar-refractivity contribution >= 4 is 12.6 Å². The summed E-state index contributed by atoms with van der Waals surface area (Å²) in [7, 11) is -0.553. The van der Waals surface area contributed by atoms with E-state index in [1.165, 1.54) is 6.07 Å². The van der Waals surface area contributed by atoms with E-state index in [9.17, 15) is 4.39 Å². The van der Waals surface area contributed by atoms with Gasteiger partial charge in [-0.05, 0) is 40.2 Å². The number of aromatic nitrogens is 1. The van der Waals surface area contributed by atoms with Crippen LogP contribution in [0.25, 0.3) is 0 Å². The Labute approximate surface area is 108 Å². The Morgan fingerprint density at radius 2 is 1.78 bits per heavy atom. The first-order chi connectivity index (χ1) is 8.27. The third kappa shape index (κ3) is 2.17. The maximum Gasteiger partial charge on any atom is 0.496 e. The summed E-state index contributed by atoms with van der Waals surface area (Å²) in [4.78, 5) is 4.10. The normalized spacial score (nSPS) is 21.3. The van der Waals surface area contributed by atoms with Crippen molar-refractivity contribution in [3.63, 3.8) is 0 Å². The molecule has 2 rings (SSSR count). The number of rotatable bonds is 2. The molecule has 5 heteroatoms. The molecule has 18 heavy (non-hydrogen) atoms. The second-order valence-electron chi connectivity index (χ2n) is 5.64. The molecule has 1 aliphatic rings. The molecule has 1 fully saturated rings. The van der Waals surface area contributed by atoms with Crippen LogP contribution < -0.4 is 5.46 Å². The van der Waals surface area contributed by atoms with Crippen molar-refractivity contribution < 1.29 is 13.7 Å². The molecule has 0 amide bonds. The number of aryl methyl sites for hydroxylation is 1. The summed E-state index contributed by atoms with van der Waals surface area (Å²) in [5.41, 5.74) is 0.258. The topological polar surface area (TPSA) is 31.4 Å². The van der Waals surface area contributed by atoms with Crippen molar-refractivity contribution in [1.82, 2.24) is 4.98 Å². The molecule has 0 saturated carbocycles. The maximum absolute atomic E-state index is 13.7. The van der Waals surface area contributed by atoms with E-state index in [1.807, 2.05) is 34.6 Å². The Morgan fingerprint density at radius 3 is 2.22 bits per heavy atom. The summed E-state index contributed by atoms with van der Waals surface area (Å²) in [6, 6.07) is 1.45. The minimum absolute atomic E-state index is 0.301. The summed E-state index contributed by atoms with van der Waals surface area (Å²) < 4.78 is 25.4. The van der Waals surface area contributed by atoms with Crippen LogP contribution in [-0.2, 0) is 15.7 Å². The van der Waals surface area contributed by atoms with Crippen molar-refractivity contribution in [3.8, 4) is 0 Å². The molecule has 3 nitrogen and oxygen atoms in total. The monoisotopic (exact) mass is 251 g/mol. The molecule has 2 heterocycles. The fourth-order valence-electron chi connectivity index (χ4n) is 1.85. The van der Waals surface area contributed by atoms with E-state index in [1.54, 1.807) is 6.20 Å². The van der Waals surface area contributed by atoms with Gasteiger partial charge < -0.3 is 9.31 Å². The molecule has 1 saturated heterocycles. The Hall–Kier alpha value is -0.935. The van der Waals surface area contributed by atoms with Gasteiger partial charge >= 0.3 is 7.12 Å². The van der Waals surface area contributed by atoms with Crippen LogP contribution in [0.5, 0.6) is 0 Å². The highest BCUT2D eigenvalue weighted by molar-refractivity contribution is 6.62. The standard InChI is InChI=1S/C13H19BFNO2/c1-6-11-10(15)7-9(8-16-11)14-17-12(2,3)13(4,5)18-14/h7-8H,6H2,1-5H3. The minimum atomic E-state index is -0.553. The van der Waals surface area contributed by atoms with Gasteiger partial charge in [-0.25, -0.2) is 4.39 Å². The van der Waals surface area contributed by atoms with Crippen molar-refractivity contribution in [2.24, 2.45) is 0 Å². The predicted octanol–water partition coefficient (Wildman–Crippen LogP) is 2.08. The van der Waals surface area contributed by atoms with Crippen LogP contribution in [0.2, 0.25) is 0 Å². The Morgan fingerprint density at radius 1 is 1.22 bits per heavy atom. The van der Waals surface area contributed by atoms with Crippen LogP contribution in [0.3, 0.4) is 0 Å². The van der Waals surface area contributed by atoms with Crippen LogP contribution in [0.15, 0.2) is 12.3 Å². The fourth-order valence-corrected chi connectivity index (χ4v) is 1.85. The molecule has 0 bridgehead atoms. The second kappa shape index (κ2) is 4.32. The molecular weight excluding hydrogens is 232 g/mol. The van der Waals surface area contributed by atoms with E-state index in [2.05, 4.69) is 4.98 Å². The smallest absolute Gasteiger partial charge is 0.399 e. The third-order valence-electron chi connectivity index (χ3n) is 3.80. The van der Waals surface area contributed by atoms with Crippen molar-refractivity contribution in [1.29, 1.82) is 0 Å². The summed E-state index contributed by atoms with van der Waals surface area (Å²) in [6.45, 7) is 9.75. The van der Waals surface area contributed by atoms with Crippen LogP contribution in [0.4, 0.5) is 4.39 Å². The molecular formula is C13H19BFNO2. The molecule has 0 unspecified atom stereocenters. The minimum Gasteiger partial charge on any atom is -0.399 e. The lowest BCUT2D eigenvalue weighted by Gasteiger charge is -2.32. The molecule has 0 radical (unpaired) electrons. The van der Waals surface area contributed by atoms with Gasteiger partial charge in [0.05, 0.1) is 16.9 Å². The Bertz CT molecular complexity index is 446. The van der Waals surface area contributed by atoms with Crippen LogP contribution in [0.1, 0.15) is 40.3 Å². The van der Waals surface area contributed by atoms with Gasteiger partial charge in [0.15, 0.2) is 0 Å². The zero-order valence-electron chi connectivity index (χ0n) is 11.6. The number of nitrogens with zero attached hydrogens (tertiary/aromatic N) is 1. The van der Waals surface area contributed by atoms with Crippen LogP contribution in [0, 0.1) is 5.82 Å². The fraction of sp³-hybridized carbons (Fsp3) is 0.615. The lowest BCUT2D eigenvalue weighted by Crippen LogP contribution is -2.41. The zero-order valence-corrected chi connectivity index (χ0v) is 11.6. The van der Waals surface area contributed by atoms with Gasteiger partial charge in [-0.2, -0.15) is 0 Å². The summed E-state index contributed by atoms with van der Waals surface area (Å²) in [6.07, 6.45) is 2.21. The zero-order chi connectivity index (χ0) is 13.6. The lowest BCUT2D eigenvalue weighted by atomic mass is 9.80. The summed E-state index contributed by atoms with van der Waals surface area (Å²) in [5.74, 6) is -0.301. The predicted molar refractivity (Wildman–Crippen MR) is 69.3 cm³/mol. The molecule has 0 aliphatic carbocycles. The Kier molecular flexibility index (Phi) is 3.24. The average Bonchev–Trinajstić information content (AvgIpc) is 2.48. The largest absolute Gasteiger partial charge is 0.496 e. The summed E-state index contributed by atoms with van der Waals surface area (Å²) >= 11 is 0. The van der Waals surface area contributed by atoms with Gasteiger partial charge in [-0.15, -0.1) is 0 Å². The quantitative estimate of drug-likeness (QED) is 0.754. The van der Waals surface area contributed by atoms with Gasteiger partial charge in [-0.1, -0.05) is 6.92 Å². The first-order valence-electron chi connectivity index (χ1n) is 6.27. The van der Waals surface area contributed by atoms with E-state index in [0.717, 1.165) is 0 Å². The van der Waals surface area contributed by atoms with E-state index < -0.39 is 18.3 Å². The van der Waals surface area contributed by atoms with E-state index in [4.69, 9.17) is 9.31 Å². The molecule has 0 N–H and O–H groups in total. The Balaban J connectivity index is 2.27. The molecule has 1 aromatic rings. The molecule has 0 aromatic carbocycles.